The molecule has 0 saturated heterocycles. The van der Waals surface area contributed by atoms with Crippen LogP contribution in [0.5, 0.6) is 0 Å². The smallest absolute Gasteiger partial charge is 0.291 e. The number of carbonyl (C=O) groups is 3. The first-order chi connectivity index (χ1) is 13.0. The molecular weight excluding hydrogens is 344 g/mol. The number of amides is 2. The first-order valence-electron chi connectivity index (χ1n) is 8.92. The van der Waals surface area contributed by atoms with Crippen molar-refractivity contribution in [3.63, 3.8) is 0 Å². The van der Waals surface area contributed by atoms with Gasteiger partial charge in [0.15, 0.2) is 11.6 Å². The summed E-state index contributed by atoms with van der Waals surface area (Å²) < 4.78 is 1.82. The normalized spacial score (nSPS) is 12.8. The number of benzene rings is 1. The predicted molar refractivity (Wildman–Crippen MR) is 102 cm³/mol. The third kappa shape index (κ3) is 3.97. The van der Waals surface area contributed by atoms with Crippen LogP contribution in [0.1, 0.15) is 56.9 Å². The van der Waals surface area contributed by atoms with E-state index in [9.17, 15) is 14.4 Å². The zero-order valence-corrected chi connectivity index (χ0v) is 15.2. The van der Waals surface area contributed by atoms with Gasteiger partial charge in [-0.15, -0.1) is 6.58 Å². The van der Waals surface area contributed by atoms with Gasteiger partial charge in [0, 0.05) is 24.3 Å². The molecule has 0 atom stereocenters. The number of nitrogens with one attached hydrogen (secondary N) is 2. The van der Waals surface area contributed by atoms with Crippen LogP contribution in [0.4, 0.5) is 5.69 Å². The fourth-order valence-electron chi connectivity index (χ4n) is 3.12. The average Bonchev–Trinajstić information content (AvgIpc) is 3.06. The summed E-state index contributed by atoms with van der Waals surface area (Å²) in [5.41, 5.74) is 2.23. The number of rotatable bonds is 6. The number of Topliss-reactive ketones (excluding diaryl/α,β-unsaturated/α-hetero) is 1. The number of imidazole rings is 1. The highest BCUT2D eigenvalue weighted by Gasteiger charge is 2.27. The van der Waals surface area contributed by atoms with Crippen LogP contribution in [0, 0.1) is 0 Å². The van der Waals surface area contributed by atoms with Gasteiger partial charge in [-0.2, -0.15) is 0 Å². The molecule has 7 heteroatoms. The second-order valence-electron chi connectivity index (χ2n) is 6.43. The zero-order valence-electron chi connectivity index (χ0n) is 15.2. The summed E-state index contributed by atoms with van der Waals surface area (Å²) in [6.07, 6.45) is 4.20. The van der Waals surface area contributed by atoms with Crippen molar-refractivity contribution in [1.82, 2.24) is 14.9 Å². The zero-order chi connectivity index (χ0) is 19.4. The minimum atomic E-state index is -0.378. The summed E-state index contributed by atoms with van der Waals surface area (Å²) in [4.78, 5) is 40.8. The Morgan fingerprint density at radius 3 is 2.59 bits per heavy atom. The fraction of sp³-hybridized carbons (Fsp3) is 0.300. The Labute approximate surface area is 157 Å². The van der Waals surface area contributed by atoms with Crippen molar-refractivity contribution >= 4 is 23.3 Å². The van der Waals surface area contributed by atoms with Crippen LogP contribution in [0.2, 0.25) is 0 Å². The van der Waals surface area contributed by atoms with Crippen molar-refractivity contribution in [1.29, 1.82) is 0 Å². The standard InChI is InChI=1S/C20H22N4O3/c1-3-11-21-19(26)17-16-6-4-5-12-24(16)18(23-17)20(27)22-15-9-7-14(8-10-15)13(2)25/h3,7-10H,1,4-6,11-12H2,2H3,(H,21,26)(H,22,27). The Morgan fingerprint density at radius 2 is 1.93 bits per heavy atom. The Hall–Kier alpha value is -3.22. The quantitative estimate of drug-likeness (QED) is 0.607. The second kappa shape index (κ2) is 7.99. The largest absolute Gasteiger partial charge is 0.347 e. The molecule has 0 radical (unpaired) electrons. The van der Waals surface area contributed by atoms with E-state index in [-0.39, 0.29) is 23.4 Å². The monoisotopic (exact) mass is 366 g/mol. The first kappa shape index (κ1) is 18.6. The highest BCUT2D eigenvalue weighted by molar-refractivity contribution is 6.04. The van der Waals surface area contributed by atoms with Crippen LogP contribution in [0.3, 0.4) is 0 Å². The molecule has 2 amide bonds. The Balaban J connectivity index is 1.85. The molecule has 2 heterocycles. The molecule has 0 aliphatic carbocycles. The summed E-state index contributed by atoms with van der Waals surface area (Å²) in [5, 5.41) is 5.51. The van der Waals surface area contributed by atoms with Gasteiger partial charge in [0.1, 0.15) is 5.69 Å². The van der Waals surface area contributed by atoms with Gasteiger partial charge in [-0.3, -0.25) is 14.4 Å². The summed E-state index contributed by atoms with van der Waals surface area (Å²) in [6, 6.07) is 6.67. The third-order valence-corrected chi connectivity index (χ3v) is 4.49. The van der Waals surface area contributed by atoms with Crippen LogP contribution >= 0.6 is 0 Å². The van der Waals surface area contributed by atoms with E-state index in [2.05, 4.69) is 22.2 Å². The number of nitrogens with zero attached hydrogens (tertiary/aromatic N) is 2. The number of hydrogen-bond donors (Lipinski definition) is 2. The maximum Gasteiger partial charge on any atom is 0.291 e. The molecule has 27 heavy (non-hydrogen) atoms. The van der Waals surface area contributed by atoms with Gasteiger partial charge in [0.05, 0.1) is 5.69 Å². The average molecular weight is 366 g/mol. The van der Waals surface area contributed by atoms with Crippen LogP contribution in [-0.4, -0.2) is 33.7 Å². The van der Waals surface area contributed by atoms with Gasteiger partial charge in [0.2, 0.25) is 0 Å². The minimum absolute atomic E-state index is 0.0367. The topological polar surface area (TPSA) is 93.1 Å². The molecule has 0 spiro atoms. The van der Waals surface area contributed by atoms with E-state index in [0.717, 1.165) is 18.5 Å². The SMILES string of the molecule is C=CCNC(=O)c1nc(C(=O)Nc2ccc(C(C)=O)cc2)n2c1CCCC2. The summed E-state index contributed by atoms with van der Waals surface area (Å²) in [5.74, 6) is -0.489. The molecule has 2 N–H and O–H groups in total. The maximum atomic E-state index is 12.7. The van der Waals surface area contributed by atoms with Crippen molar-refractivity contribution in [3.05, 3.63) is 59.7 Å². The molecule has 1 aromatic carbocycles. The molecule has 2 aromatic rings. The van der Waals surface area contributed by atoms with E-state index in [1.54, 1.807) is 30.3 Å². The first-order valence-corrected chi connectivity index (χ1v) is 8.92. The summed E-state index contributed by atoms with van der Waals surface area (Å²) >= 11 is 0. The van der Waals surface area contributed by atoms with Crippen molar-refractivity contribution in [2.75, 3.05) is 11.9 Å². The number of anilines is 1. The fourth-order valence-corrected chi connectivity index (χ4v) is 3.12. The summed E-state index contributed by atoms with van der Waals surface area (Å²) in [6.45, 7) is 6.07. The van der Waals surface area contributed by atoms with E-state index in [0.29, 0.717) is 36.5 Å². The van der Waals surface area contributed by atoms with Crippen LogP contribution in [0.25, 0.3) is 0 Å². The lowest BCUT2D eigenvalue weighted by molar-refractivity contribution is 0.0951. The molecule has 0 unspecified atom stereocenters. The van der Waals surface area contributed by atoms with Crippen molar-refractivity contribution < 1.29 is 14.4 Å². The Morgan fingerprint density at radius 1 is 1.19 bits per heavy atom. The molecule has 0 fully saturated rings. The van der Waals surface area contributed by atoms with Crippen LogP contribution in [0.15, 0.2) is 36.9 Å². The molecule has 1 aliphatic heterocycles. The highest BCUT2D eigenvalue weighted by Crippen LogP contribution is 2.22. The number of aromatic nitrogens is 2. The van der Waals surface area contributed by atoms with Gasteiger partial charge in [0.25, 0.3) is 11.8 Å². The number of hydrogen-bond acceptors (Lipinski definition) is 4. The van der Waals surface area contributed by atoms with E-state index in [1.165, 1.54) is 6.92 Å². The maximum absolute atomic E-state index is 12.7. The highest BCUT2D eigenvalue weighted by atomic mass is 16.2. The minimum Gasteiger partial charge on any atom is -0.347 e. The molecular formula is C20H22N4O3. The molecule has 3 rings (SSSR count). The Kier molecular flexibility index (Phi) is 5.49. The van der Waals surface area contributed by atoms with Gasteiger partial charge in [-0.05, 0) is 50.5 Å². The Bertz CT molecular complexity index is 897. The molecule has 140 valence electrons. The van der Waals surface area contributed by atoms with Crippen molar-refractivity contribution in [2.24, 2.45) is 0 Å². The number of fused-ring (bicyclic) bond motifs is 1. The molecule has 7 nitrogen and oxygen atoms in total. The van der Waals surface area contributed by atoms with Crippen LogP contribution < -0.4 is 10.6 Å². The molecule has 1 aromatic heterocycles. The van der Waals surface area contributed by atoms with Gasteiger partial charge < -0.3 is 15.2 Å². The van der Waals surface area contributed by atoms with Gasteiger partial charge in [-0.25, -0.2) is 4.98 Å². The third-order valence-electron chi connectivity index (χ3n) is 4.49. The van der Waals surface area contributed by atoms with Crippen molar-refractivity contribution in [2.45, 2.75) is 32.7 Å². The van der Waals surface area contributed by atoms with Crippen molar-refractivity contribution in [3.8, 4) is 0 Å². The lowest BCUT2D eigenvalue weighted by Crippen LogP contribution is -2.25. The predicted octanol–water partition coefficient (Wildman–Crippen LogP) is 2.59. The van der Waals surface area contributed by atoms with E-state index in [1.807, 2.05) is 4.57 Å². The summed E-state index contributed by atoms with van der Waals surface area (Å²) in [7, 11) is 0. The van der Waals surface area contributed by atoms with Gasteiger partial charge >= 0.3 is 0 Å². The van der Waals surface area contributed by atoms with E-state index in [4.69, 9.17) is 0 Å². The lowest BCUT2D eigenvalue weighted by Gasteiger charge is -2.17. The number of ketones is 1. The lowest BCUT2D eigenvalue weighted by atomic mass is 10.1. The van der Waals surface area contributed by atoms with Gasteiger partial charge in [-0.1, -0.05) is 6.08 Å². The van der Waals surface area contributed by atoms with Crippen LogP contribution in [-0.2, 0) is 13.0 Å². The van der Waals surface area contributed by atoms with E-state index >= 15 is 0 Å². The number of carbonyl (C=O) groups excluding carboxylic acids is 3. The van der Waals surface area contributed by atoms with E-state index < -0.39 is 0 Å². The molecule has 0 saturated carbocycles. The second-order valence-corrected chi connectivity index (χ2v) is 6.43. The molecule has 0 bridgehead atoms. The molecule has 1 aliphatic rings.